The lowest BCUT2D eigenvalue weighted by molar-refractivity contribution is 0.457. The number of anilines is 1. The van der Waals surface area contributed by atoms with Crippen LogP contribution in [0.3, 0.4) is 0 Å². The van der Waals surface area contributed by atoms with Crippen molar-refractivity contribution < 1.29 is 0 Å². The Hall–Kier alpha value is -2.05. The second-order valence-corrected chi connectivity index (χ2v) is 6.37. The van der Waals surface area contributed by atoms with Gasteiger partial charge < -0.3 is 9.88 Å². The zero-order valence-corrected chi connectivity index (χ0v) is 13.3. The predicted octanol–water partition coefficient (Wildman–Crippen LogP) is 1.75. The van der Waals surface area contributed by atoms with Crippen molar-refractivity contribution in [2.75, 3.05) is 5.32 Å². The van der Waals surface area contributed by atoms with Crippen LogP contribution >= 0.6 is 0 Å². The number of nitrogens with zero attached hydrogens (tertiary/aromatic N) is 3. The van der Waals surface area contributed by atoms with Gasteiger partial charge in [0.05, 0.1) is 0 Å². The predicted molar refractivity (Wildman–Crippen MR) is 86.5 cm³/mol. The molecule has 0 radical (unpaired) electrons. The Morgan fingerprint density at radius 1 is 1.23 bits per heavy atom. The zero-order chi connectivity index (χ0) is 15.9. The van der Waals surface area contributed by atoms with E-state index in [-0.39, 0.29) is 11.6 Å². The molecule has 7 nitrogen and oxygen atoms in total. The molecule has 120 valence electrons. The fourth-order valence-corrected chi connectivity index (χ4v) is 3.24. The summed E-state index contributed by atoms with van der Waals surface area (Å²) in [6.07, 6.45) is 5.97. The number of aryl methyl sites for hydroxylation is 1. The maximum absolute atomic E-state index is 12.2. The fourth-order valence-electron chi connectivity index (χ4n) is 3.24. The number of hydrogen-bond acceptors (Lipinski definition) is 4. The van der Waals surface area contributed by atoms with Crippen molar-refractivity contribution in [3.05, 3.63) is 20.8 Å². The second-order valence-electron chi connectivity index (χ2n) is 6.37. The average molecular weight is 305 g/mol. The van der Waals surface area contributed by atoms with Crippen LogP contribution < -0.4 is 16.6 Å². The average Bonchev–Trinajstić information content (AvgIpc) is 2.86. The molecule has 0 spiro atoms. The molecular formula is C15H23N5O2. The molecule has 2 aromatic rings. The molecule has 0 aromatic carbocycles. The van der Waals surface area contributed by atoms with E-state index >= 15 is 0 Å². The second kappa shape index (κ2) is 5.62. The molecule has 0 bridgehead atoms. The van der Waals surface area contributed by atoms with Crippen LogP contribution in [0.15, 0.2) is 9.59 Å². The van der Waals surface area contributed by atoms with Crippen molar-refractivity contribution in [1.82, 2.24) is 19.1 Å². The third kappa shape index (κ3) is 2.44. The lowest BCUT2D eigenvalue weighted by Crippen LogP contribution is -2.29. The molecule has 0 aliphatic heterocycles. The standard InChI is InChI=1S/C15H23N5O2/c1-9(2)20-11-12(19(3)15(22)18-13(11)21)17-14(20)16-10-7-5-4-6-8-10/h9-10H,4-8H2,1-3H3,(H,16,17)(H,18,21,22). The van der Waals surface area contributed by atoms with Crippen LogP contribution in [0, 0.1) is 0 Å². The Balaban J connectivity index is 2.15. The third-order valence-corrected chi connectivity index (χ3v) is 4.41. The largest absolute Gasteiger partial charge is 0.353 e. The number of nitrogens with one attached hydrogen (secondary N) is 2. The Bertz CT molecular complexity index is 793. The van der Waals surface area contributed by atoms with Crippen LogP contribution in [0.25, 0.3) is 11.2 Å². The summed E-state index contributed by atoms with van der Waals surface area (Å²) in [6.45, 7) is 4.02. The van der Waals surface area contributed by atoms with E-state index in [1.807, 2.05) is 18.4 Å². The van der Waals surface area contributed by atoms with Crippen molar-refractivity contribution in [3.8, 4) is 0 Å². The molecule has 1 fully saturated rings. The van der Waals surface area contributed by atoms with E-state index in [0.29, 0.717) is 23.2 Å². The van der Waals surface area contributed by atoms with Gasteiger partial charge in [0.25, 0.3) is 5.56 Å². The summed E-state index contributed by atoms with van der Waals surface area (Å²) in [5.41, 5.74) is 0.0716. The highest BCUT2D eigenvalue weighted by Gasteiger charge is 2.22. The monoisotopic (exact) mass is 305 g/mol. The molecule has 0 atom stereocenters. The number of hydrogen-bond donors (Lipinski definition) is 2. The zero-order valence-electron chi connectivity index (χ0n) is 13.3. The molecule has 0 amide bonds. The highest BCUT2D eigenvalue weighted by atomic mass is 16.2. The molecule has 22 heavy (non-hydrogen) atoms. The van der Waals surface area contributed by atoms with Gasteiger partial charge in [-0.15, -0.1) is 0 Å². The lowest BCUT2D eigenvalue weighted by Gasteiger charge is -2.24. The molecule has 2 N–H and O–H groups in total. The normalized spacial score (nSPS) is 16.5. The summed E-state index contributed by atoms with van der Waals surface area (Å²) < 4.78 is 3.28. The number of imidazole rings is 1. The summed E-state index contributed by atoms with van der Waals surface area (Å²) in [6, 6.07) is 0.467. The fraction of sp³-hybridized carbons (Fsp3) is 0.667. The van der Waals surface area contributed by atoms with Crippen molar-refractivity contribution >= 4 is 17.1 Å². The van der Waals surface area contributed by atoms with Gasteiger partial charge >= 0.3 is 5.69 Å². The maximum Gasteiger partial charge on any atom is 0.329 e. The maximum atomic E-state index is 12.2. The van der Waals surface area contributed by atoms with Crippen LogP contribution in [-0.2, 0) is 7.05 Å². The van der Waals surface area contributed by atoms with E-state index < -0.39 is 5.69 Å². The van der Waals surface area contributed by atoms with Gasteiger partial charge in [0.2, 0.25) is 5.95 Å². The molecule has 3 rings (SSSR count). The van der Waals surface area contributed by atoms with Gasteiger partial charge in [0.15, 0.2) is 11.2 Å². The van der Waals surface area contributed by atoms with Crippen LogP contribution in [0.5, 0.6) is 0 Å². The molecule has 1 aliphatic carbocycles. The van der Waals surface area contributed by atoms with Crippen molar-refractivity contribution in [3.63, 3.8) is 0 Å². The molecular weight excluding hydrogens is 282 g/mol. The first-order valence-corrected chi connectivity index (χ1v) is 7.97. The Kier molecular flexibility index (Phi) is 3.80. The molecule has 1 aliphatic rings. The number of aromatic nitrogens is 4. The number of rotatable bonds is 3. The molecule has 1 saturated carbocycles. The van der Waals surface area contributed by atoms with Gasteiger partial charge in [-0.25, -0.2) is 4.79 Å². The summed E-state index contributed by atoms with van der Waals surface area (Å²) in [5.74, 6) is 0.684. The molecule has 0 unspecified atom stereocenters. The number of fused-ring (bicyclic) bond motifs is 1. The molecule has 7 heteroatoms. The molecule has 2 aromatic heterocycles. The minimum absolute atomic E-state index is 0.0784. The highest BCUT2D eigenvalue weighted by Crippen LogP contribution is 2.25. The SMILES string of the molecule is CC(C)n1c(NC2CCCCC2)nc2c1c(=O)[nH]c(=O)n2C. The number of aromatic amines is 1. The summed E-state index contributed by atoms with van der Waals surface area (Å²) >= 11 is 0. The van der Waals surface area contributed by atoms with E-state index in [9.17, 15) is 9.59 Å². The third-order valence-electron chi connectivity index (χ3n) is 4.41. The van der Waals surface area contributed by atoms with Gasteiger partial charge in [-0.3, -0.25) is 14.3 Å². The van der Waals surface area contributed by atoms with Crippen molar-refractivity contribution in [2.45, 2.75) is 58.0 Å². The van der Waals surface area contributed by atoms with E-state index in [1.165, 1.54) is 23.8 Å². The summed E-state index contributed by atoms with van der Waals surface area (Å²) in [5, 5.41) is 3.48. The van der Waals surface area contributed by atoms with Crippen molar-refractivity contribution in [1.29, 1.82) is 0 Å². The van der Waals surface area contributed by atoms with Crippen molar-refractivity contribution in [2.24, 2.45) is 7.05 Å². The smallest absolute Gasteiger partial charge is 0.329 e. The molecule has 2 heterocycles. The van der Waals surface area contributed by atoms with Gasteiger partial charge in [0.1, 0.15) is 0 Å². The summed E-state index contributed by atoms with van der Waals surface area (Å²) in [7, 11) is 1.63. The number of H-pyrrole nitrogens is 1. The first-order valence-electron chi connectivity index (χ1n) is 7.97. The van der Waals surface area contributed by atoms with E-state index in [1.54, 1.807) is 7.05 Å². The van der Waals surface area contributed by atoms with Crippen LogP contribution in [-0.4, -0.2) is 25.1 Å². The van der Waals surface area contributed by atoms with E-state index in [4.69, 9.17) is 0 Å². The van der Waals surface area contributed by atoms with E-state index in [2.05, 4.69) is 15.3 Å². The summed E-state index contributed by atoms with van der Waals surface area (Å²) in [4.78, 5) is 30.9. The van der Waals surface area contributed by atoms with Crippen LogP contribution in [0.2, 0.25) is 0 Å². The first-order chi connectivity index (χ1) is 10.5. The topological polar surface area (TPSA) is 84.7 Å². The van der Waals surface area contributed by atoms with Gasteiger partial charge in [-0.05, 0) is 26.7 Å². The lowest BCUT2D eigenvalue weighted by atomic mass is 9.96. The Morgan fingerprint density at radius 2 is 1.91 bits per heavy atom. The van der Waals surface area contributed by atoms with Crippen LogP contribution in [0.4, 0.5) is 5.95 Å². The minimum atomic E-state index is -0.435. The first kappa shape index (κ1) is 14.9. The van der Waals surface area contributed by atoms with Gasteiger partial charge in [-0.1, -0.05) is 19.3 Å². The van der Waals surface area contributed by atoms with Gasteiger partial charge in [0, 0.05) is 19.1 Å². The van der Waals surface area contributed by atoms with Crippen LogP contribution in [0.1, 0.15) is 52.0 Å². The van der Waals surface area contributed by atoms with E-state index in [0.717, 1.165) is 12.8 Å². The van der Waals surface area contributed by atoms with Gasteiger partial charge in [-0.2, -0.15) is 4.98 Å². The minimum Gasteiger partial charge on any atom is -0.353 e. The highest BCUT2D eigenvalue weighted by molar-refractivity contribution is 5.74. The molecule has 0 saturated heterocycles. The Morgan fingerprint density at radius 3 is 2.55 bits per heavy atom. The Labute approximate surface area is 128 Å². The quantitative estimate of drug-likeness (QED) is 0.904.